The Bertz CT molecular complexity index is 1380. The summed E-state index contributed by atoms with van der Waals surface area (Å²) in [6.07, 6.45) is -3.06. The Morgan fingerprint density at radius 1 is 1.17 bits per heavy atom. The Kier molecular flexibility index (Phi) is 6.87. The summed E-state index contributed by atoms with van der Waals surface area (Å²) in [5.41, 5.74) is -5.16. The second-order valence-corrected chi connectivity index (χ2v) is 10.1. The van der Waals surface area contributed by atoms with Crippen molar-refractivity contribution in [2.24, 2.45) is 0 Å². The van der Waals surface area contributed by atoms with Crippen molar-refractivity contribution in [1.29, 1.82) is 0 Å². The van der Waals surface area contributed by atoms with E-state index in [0.29, 0.717) is 6.07 Å². The number of fused-ring (bicyclic) bond motifs is 1. The standard InChI is InChI=1S/C20H18F6N4O4S/c1-19(2,32)14-12(29-17(31)11-4-3-5-13(28-11)20(24,25)26)9-30-8-10(27-16(30)15(14)21)6-7-35(33,34)18(22)23/h3-5,8-9,18,32H,6-7H2,1-2H3,(H,29,31). The van der Waals surface area contributed by atoms with Gasteiger partial charge in [0.25, 0.3) is 5.91 Å². The van der Waals surface area contributed by atoms with E-state index < -0.39 is 73.9 Å². The number of alkyl halides is 5. The first-order valence-corrected chi connectivity index (χ1v) is 11.5. The van der Waals surface area contributed by atoms with Crippen molar-refractivity contribution in [3.05, 3.63) is 59.1 Å². The Morgan fingerprint density at radius 2 is 1.83 bits per heavy atom. The lowest BCUT2D eigenvalue weighted by molar-refractivity contribution is -0.141. The second kappa shape index (κ2) is 9.11. The van der Waals surface area contributed by atoms with E-state index in [1.807, 2.05) is 0 Å². The molecule has 2 N–H and O–H groups in total. The predicted molar refractivity (Wildman–Crippen MR) is 111 cm³/mol. The van der Waals surface area contributed by atoms with E-state index in [1.54, 1.807) is 0 Å². The number of hydrogen-bond acceptors (Lipinski definition) is 6. The molecule has 3 aromatic rings. The SMILES string of the molecule is CC(C)(O)c1c(NC(=O)c2cccc(C(F)(F)F)n2)cn2cc(CCS(=O)(=O)C(F)F)nc2c1F. The normalized spacial score (nSPS) is 13.0. The largest absolute Gasteiger partial charge is 0.433 e. The van der Waals surface area contributed by atoms with Crippen molar-refractivity contribution in [2.75, 3.05) is 11.1 Å². The lowest BCUT2D eigenvalue weighted by atomic mass is 9.97. The number of imidazole rings is 1. The van der Waals surface area contributed by atoms with Crippen LogP contribution >= 0.6 is 0 Å². The van der Waals surface area contributed by atoms with Crippen LogP contribution in [0, 0.1) is 5.82 Å². The molecule has 3 rings (SSSR count). The molecule has 190 valence electrons. The first-order chi connectivity index (χ1) is 16.0. The van der Waals surface area contributed by atoms with Gasteiger partial charge >= 0.3 is 11.9 Å². The van der Waals surface area contributed by atoms with Crippen LogP contribution in [0.25, 0.3) is 5.65 Å². The van der Waals surface area contributed by atoms with Crippen LogP contribution in [0.1, 0.15) is 41.3 Å². The molecule has 0 aliphatic heterocycles. The molecule has 0 unspecified atom stereocenters. The number of nitrogens with one attached hydrogen (secondary N) is 1. The minimum Gasteiger partial charge on any atom is -0.386 e. The van der Waals surface area contributed by atoms with E-state index in [2.05, 4.69) is 15.3 Å². The van der Waals surface area contributed by atoms with Crippen molar-refractivity contribution in [2.45, 2.75) is 37.8 Å². The molecule has 0 spiro atoms. The van der Waals surface area contributed by atoms with Crippen LogP contribution in [0.2, 0.25) is 0 Å². The Balaban J connectivity index is 2.02. The van der Waals surface area contributed by atoms with Gasteiger partial charge in [0.1, 0.15) is 11.4 Å². The molecular formula is C20H18F6N4O4S. The Morgan fingerprint density at radius 3 is 2.40 bits per heavy atom. The lowest BCUT2D eigenvalue weighted by Gasteiger charge is -2.23. The van der Waals surface area contributed by atoms with Crippen LogP contribution in [0.5, 0.6) is 0 Å². The van der Waals surface area contributed by atoms with Crippen molar-refractivity contribution in [3.63, 3.8) is 0 Å². The van der Waals surface area contributed by atoms with Gasteiger partial charge in [-0.2, -0.15) is 22.0 Å². The number of rotatable bonds is 7. The van der Waals surface area contributed by atoms with Gasteiger partial charge in [0, 0.05) is 24.4 Å². The van der Waals surface area contributed by atoms with Crippen molar-refractivity contribution >= 4 is 27.1 Å². The number of hydrogen-bond donors (Lipinski definition) is 2. The van der Waals surface area contributed by atoms with Crippen LogP contribution < -0.4 is 5.32 Å². The number of aliphatic hydroxyl groups is 1. The van der Waals surface area contributed by atoms with Crippen molar-refractivity contribution in [1.82, 2.24) is 14.4 Å². The summed E-state index contributed by atoms with van der Waals surface area (Å²) in [6, 6.07) is 2.62. The highest BCUT2D eigenvalue weighted by atomic mass is 32.2. The quantitative estimate of drug-likeness (QED) is 0.457. The molecule has 0 atom stereocenters. The summed E-state index contributed by atoms with van der Waals surface area (Å²) in [5, 5.41) is 12.7. The fourth-order valence-corrected chi connectivity index (χ4v) is 3.87. The number of halogens is 6. The van der Waals surface area contributed by atoms with Gasteiger partial charge in [0.15, 0.2) is 11.5 Å². The predicted octanol–water partition coefficient (Wildman–Crippen LogP) is 3.55. The first-order valence-electron chi connectivity index (χ1n) is 9.79. The van der Waals surface area contributed by atoms with Crippen molar-refractivity contribution < 1.29 is 44.7 Å². The highest BCUT2D eigenvalue weighted by Gasteiger charge is 2.34. The Labute approximate surface area is 194 Å². The topological polar surface area (TPSA) is 114 Å². The fraction of sp³-hybridized carbons (Fsp3) is 0.350. The molecule has 35 heavy (non-hydrogen) atoms. The van der Waals surface area contributed by atoms with Gasteiger partial charge < -0.3 is 14.8 Å². The van der Waals surface area contributed by atoms with E-state index in [1.165, 1.54) is 13.8 Å². The third-order valence-electron chi connectivity index (χ3n) is 4.78. The average Bonchev–Trinajstić information content (AvgIpc) is 3.14. The van der Waals surface area contributed by atoms with Gasteiger partial charge in [-0.1, -0.05) is 6.07 Å². The molecule has 0 radical (unpaired) electrons. The molecule has 0 bridgehead atoms. The first kappa shape index (κ1) is 26.4. The number of aryl methyl sites for hydroxylation is 1. The minimum atomic E-state index is -4.81. The molecule has 0 saturated carbocycles. The average molecular weight is 524 g/mol. The molecule has 3 heterocycles. The summed E-state index contributed by atoms with van der Waals surface area (Å²) >= 11 is 0. The highest BCUT2D eigenvalue weighted by Crippen LogP contribution is 2.33. The van der Waals surface area contributed by atoms with E-state index in [0.717, 1.165) is 28.9 Å². The molecule has 0 aliphatic carbocycles. The van der Waals surface area contributed by atoms with Crippen LogP contribution in [0.4, 0.5) is 32.0 Å². The fourth-order valence-electron chi connectivity index (χ4n) is 3.19. The molecule has 8 nitrogen and oxygen atoms in total. The molecule has 3 aromatic heterocycles. The molecule has 0 aromatic carbocycles. The highest BCUT2D eigenvalue weighted by molar-refractivity contribution is 7.91. The molecular weight excluding hydrogens is 506 g/mol. The minimum absolute atomic E-state index is 0.0714. The van der Waals surface area contributed by atoms with Crippen LogP contribution in [0.15, 0.2) is 30.6 Å². The van der Waals surface area contributed by atoms with Crippen LogP contribution in [0.3, 0.4) is 0 Å². The van der Waals surface area contributed by atoms with Crippen LogP contribution in [-0.4, -0.2) is 45.3 Å². The van der Waals surface area contributed by atoms with Gasteiger partial charge in [-0.15, -0.1) is 0 Å². The summed E-state index contributed by atoms with van der Waals surface area (Å²) < 4.78 is 103. The number of carbonyl (C=O) groups is 1. The van der Waals surface area contributed by atoms with Gasteiger partial charge in [0.2, 0.25) is 9.84 Å². The van der Waals surface area contributed by atoms with E-state index in [-0.39, 0.29) is 11.4 Å². The number of nitrogens with zero attached hydrogens (tertiary/aromatic N) is 3. The van der Waals surface area contributed by atoms with Gasteiger partial charge in [-0.25, -0.2) is 22.8 Å². The zero-order chi connectivity index (χ0) is 26.3. The third-order valence-corrected chi connectivity index (χ3v) is 6.10. The van der Waals surface area contributed by atoms with Gasteiger partial charge in [-0.05, 0) is 26.0 Å². The molecule has 1 amide bonds. The summed E-state index contributed by atoms with van der Waals surface area (Å²) in [7, 11) is -4.70. The Hall–Kier alpha value is -3.20. The summed E-state index contributed by atoms with van der Waals surface area (Å²) in [5.74, 6) is -6.82. The molecule has 15 heteroatoms. The van der Waals surface area contributed by atoms with E-state index in [9.17, 15) is 40.3 Å². The van der Waals surface area contributed by atoms with Crippen molar-refractivity contribution in [3.8, 4) is 0 Å². The van der Waals surface area contributed by atoms with Gasteiger partial charge in [-0.3, -0.25) is 4.79 Å². The number of sulfone groups is 1. The van der Waals surface area contributed by atoms with E-state index >= 15 is 4.39 Å². The number of amides is 1. The molecule has 0 fully saturated rings. The number of carbonyl (C=O) groups excluding carboxylic acids is 1. The maximum atomic E-state index is 15.3. The third kappa shape index (κ3) is 5.73. The molecule has 0 aliphatic rings. The monoisotopic (exact) mass is 524 g/mol. The zero-order valence-electron chi connectivity index (χ0n) is 18.1. The zero-order valence-corrected chi connectivity index (χ0v) is 18.9. The maximum Gasteiger partial charge on any atom is 0.433 e. The lowest BCUT2D eigenvalue weighted by Crippen LogP contribution is -2.24. The maximum absolute atomic E-state index is 15.3. The molecule has 0 saturated heterocycles. The number of anilines is 1. The van der Waals surface area contributed by atoms with Gasteiger partial charge in [0.05, 0.1) is 22.7 Å². The number of aromatic nitrogens is 3. The number of pyridine rings is 2. The summed E-state index contributed by atoms with van der Waals surface area (Å²) in [6.45, 7) is 2.36. The summed E-state index contributed by atoms with van der Waals surface area (Å²) in [4.78, 5) is 19.7. The van der Waals surface area contributed by atoms with Crippen LogP contribution in [-0.2, 0) is 28.0 Å². The smallest absolute Gasteiger partial charge is 0.386 e. The second-order valence-electron chi connectivity index (χ2n) is 7.99. The van der Waals surface area contributed by atoms with E-state index in [4.69, 9.17) is 0 Å².